The minimum Gasteiger partial charge on any atom is -0.306 e. The van der Waals surface area contributed by atoms with Crippen LogP contribution >= 0.6 is 11.3 Å². The summed E-state index contributed by atoms with van der Waals surface area (Å²) >= 11 is 1.79. The van der Waals surface area contributed by atoms with E-state index in [1.54, 1.807) is 11.3 Å². The summed E-state index contributed by atoms with van der Waals surface area (Å²) in [7, 11) is 0. The number of nitrogens with zero attached hydrogens (tertiary/aromatic N) is 1. The number of nitrogens with one attached hydrogen (secondary N) is 1. The van der Waals surface area contributed by atoms with Crippen molar-refractivity contribution in [2.75, 3.05) is 0 Å². The van der Waals surface area contributed by atoms with Crippen molar-refractivity contribution in [3.05, 3.63) is 16.1 Å². The van der Waals surface area contributed by atoms with Crippen molar-refractivity contribution in [1.82, 2.24) is 10.3 Å². The molecule has 0 amide bonds. The molecule has 1 unspecified atom stereocenters. The second kappa shape index (κ2) is 5.96. The van der Waals surface area contributed by atoms with Gasteiger partial charge in [0.1, 0.15) is 5.01 Å². The standard InChI is InChI=1S/C14H26N2S/c1-7-8-11(15-10(2)3)13-16-12(9-17-13)14(4,5)6/h9-11,15H,7-8H2,1-6H3. The lowest BCUT2D eigenvalue weighted by Gasteiger charge is -2.19. The van der Waals surface area contributed by atoms with Crippen LogP contribution in [0.25, 0.3) is 0 Å². The van der Waals surface area contributed by atoms with Gasteiger partial charge in [0.25, 0.3) is 0 Å². The van der Waals surface area contributed by atoms with E-state index in [2.05, 4.69) is 52.2 Å². The van der Waals surface area contributed by atoms with E-state index >= 15 is 0 Å². The highest BCUT2D eigenvalue weighted by molar-refractivity contribution is 7.09. The first-order valence-electron chi connectivity index (χ1n) is 6.56. The molecular weight excluding hydrogens is 228 g/mol. The highest BCUT2D eigenvalue weighted by Gasteiger charge is 2.21. The Morgan fingerprint density at radius 1 is 1.35 bits per heavy atom. The zero-order chi connectivity index (χ0) is 13.1. The van der Waals surface area contributed by atoms with Crippen molar-refractivity contribution in [2.45, 2.75) is 71.9 Å². The van der Waals surface area contributed by atoms with E-state index in [0.29, 0.717) is 12.1 Å². The largest absolute Gasteiger partial charge is 0.306 e. The molecule has 0 saturated heterocycles. The third kappa shape index (κ3) is 4.40. The van der Waals surface area contributed by atoms with Gasteiger partial charge in [0.05, 0.1) is 11.7 Å². The number of thiazole rings is 1. The van der Waals surface area contributed by atoms with E-state index in [4.69, 9.17) is 4.98 Å². The molecule has 1 aromatic rings. The molecule has 1 rings (SSSR count). The Bertz CT molecular complexity index is 336. The van der Waals surface area contributed by atoms with E-state index in [-0.39, 0.29) is 5.41 Å². The molecule has 2 nitrogen and oxygen atoms in total. The molecule has 1 heterocycles. The molecule has 1 atom stereocenters. The fourth-order valence-corrected chi connectivity index (χ4v) is 2.90. The molecule has 0 aliphatic carbocycles. The molecule has 1 aromatic heterocycles. The second-order valence-corrected chi connectivity index (χ2v) is 6.87. The van der Waals surface area contributed by atoms with Gasteiger partial charge in [0.15, 0.2) is 0 Å². The third-order valence-electron chi connectivity index (χ3n) is 2.70. The van der Waals surface area contributed by atoms with Crippen LogP contribution < -0.4 is 5.32 Å². The third-order valence-corrected chi connectivity index (χ3v) is 3.66. The van der Waals surface area contributed by atoms with Crippen LogP contribution in [-0.2, 0) is 5.41 Å². The Labute approximate surface area is 110 Å². The molecule has 1 N–H and O–H groups in total. The topological polar surface area (TPSA) is 24.9 Å². The monoisotopic (exact) mass is 254 g/mol. The average molecular weight is 254 g/mol. The van der Waals surface area contributed by atoms with Crippen LogP contribution in [0.15, 0.2) is 5.38 Å². The lowest BCUT2D eigenvalue weighted by Crippen LogP contribution is -2.28. The fourth-order valence-electron chi connectivity index (χ4n) is 1.76. The van der Waals surface area contributed by atoms with Crippen LogP contribution in [0.2, 0.25) is 0 Å². The molecule has 0 saturated carbocycles. The molecule has 0 radical (unpaired) electrons. The van der Waals surface area contributed by atoms with Crippen molar-refractivity contribution < 1.29 is 0 Å². The van der Waals surface area contributed by atoms with Gasteiger partial charge in [-0.05, 0) is 6.42 Å². The van der Waals surface area contributed by atoms with Gasteiger partial charge >= 0.3 is 0 Å². The van der Waals surface area contributed by atoms with Crippen LogP contribution in [-0.4, -0.2) is 11.0 Å². The summed E-state index contributed by atoms with van der Waals surface area (Å²) in [5.74, 6) is 0. The summed E-state index contributed by atoms with van der Waals surface area (Å²) in [5, 5.41) is 7.06. The first-order chi connectivity index (χ1) is 7.84. The Balaban J connectivity index is 2.84. The Morgan fingerprint density at radius 3 is 2.41 bits per heavy atom. The van der Waals surface area contributed by atoms with Gasteiger partial charge < -0.3 is 5.32 Å². The predicted octanol–water partition coefficient (Wildman–Crippen LogP) is 4.28. The van der Waals surface area contributed by atoms with Crippen molar-refractivity contribution >= 4 is 11.3 Å². The molecular formula is C14H26N2S. The van der Waals surface area contributed by atoms with E-state index in [0.717, 1.165) is 6.42 Å². The van der Waals surface area contributed by atoms with Gasteiger partial charge in [0, 0.05) is 16.8 Å². The molecule has 0 aliphatic heterocycles. The van der Waals surface area contributed by atoms with Crippen LogP contribution in [0.4, 0.5) is 0 Å². The number of hydrogen-bond donors (Lipinski definition) is 1. The van der Waals surface area contributed by atoms with Crippen molar-refractivity contribution in [2.24, 2.45) is 0 Å². The maximum absolute atomic E-state index is 4.81. The van der Waals surface area contributed by atoms with Gasteiger partial charge in [-0.3, -0.25) is 0 Å². The normalized spacial score (nSPS) is 14.3. The summed E-state index contributed by atoms with van der Waals surface area (Å²) < 4.78 is 0. The number of aromatic nitrogens is 1. The van der Waals surface area contributed by atoms with Gasteiger partial charge in [-0.1, -0.05) is 48.0 Å². The van der Waals surface area contributed by atoms with Crippen LogP contribution in [0, 0.1) is 0 Å². The summed E-state index contributed by atoms with van der Waals surface area (Å²) in [6.07, 6.45) is 2.35. The summed E-state index contributed by atoms with van der Waals surface area (Å²) in [6.45, 7) is 13.3. The Kier molecular flexibility index (Phi) is 5.14. The fraction of sp³-hybridized carbons (Fsp3) is 0.786. The van der Waals surface area contributed by atoms with E-state index in [1.165, 1.54) is 17.1 Å². The van der Waals surface area contributed by atoms with Crippen molar-refractivity contribution in [1.29, 1.82) is 0 Å². The SMILES string of the molecule is CCCC(NC(C)C)c1nc(C(C)(C)C)cs1. The first kappa shape index (κ1) is 14.7. The van der Waals surface area contributed by atoms with E-state index in [1.807, 2.05) is 0 Å². The second-order valence-electron chi connectivity index (χ2n) is 5.98. The number of rotatable bonds is 5. The minimum absolute atomic E-state index is 0.156. The molecule has 17 heavy (non-hydrogen) atoms. The zero-order valence-electron chi connectivity index (χ0n) is 12.0. The van der Waals surface area contributed by atoms with E-state index < -0.39 is 0 Å². The van der Waals surface area contributed by atoms with Crippen molar-refractivity contribution in [3.8, 4) is 0 Å². The quantitative estimate of drug-likeness (QED) is 0.848. The highest BCUT2D eigenvalue weighted by Crippen LogP contribution is 2.28. The highest BCUT2D eigenvalue weighted by atomic mass is 32.1. The molecule has 0 spiro atoms. The molecule has 0 aromatic carbocycles. The van der Waals surface area contributed by atoms with Crippen LogP contribution in [0.5, 0.6) is 0 Å². The van der Waals surface area contributed by atoms with Crippen molar-refractivity contribution in [3.63, 3.8) is 0 Å². The first-order valence-corrected chi connectivity index (χ1v) is 7.44. The van der Waals surface area contributed by atoms with Crippen LogP contribution in [0.3, 0.4) is 0 Å². The molecule has 0 fully saturated rings. The molecule has 0 bridgehead atoms. The van der Waals surface area contributed by atoms with Crippen LogP contribution in [0.1, 0.15) is 71.1 Å². The minimum atomic E-state index is 0.156. The predicted molar refractivity (Wildman–Crippen MR) is 76.7 cm³/mol. The van der Waals surface area contributed by atoms with Gasteiger partial charge in [-0.2, -0.15) is 0 Å². The lowest BCUT2D eigenvalue weighted by molar-refractivity contribution is 0.444. The molecule has 98 valence electrons. The zero-order valence-corrected chi connectivity index (χ0v) is 12.8. The molecule has 3 heteroatoms. The lowest BCUT2D eigenvalue weighted by atomic mass is 9.93. The van der Waals surface area contributed by atoms with Gasteiger partial charge in [-0.15, -0.1) is 11.3 Å². The maximum atomic E-state index is 4.81. The Morgan fingerprint density at radius 2 is 2.00 bits per heavy atom. The maximum Gasteiger partial charge on any atom is 0.110 e. The smallest absolute Gasteiger partial charge is 0.110 e. The summed E-state index contributed by atoms with van der Waals surface area (Å²) in [5.41, 5.74) is 1.37. The molecule has 0 aliphatic rings. The number of hydrogen-bond acceptors (Lipinski definition) is 3. The summed E-state index contributed by atoms with van der Waals surface area (Å²) in [4.78, 5) is 4.81. The average Bonchev–Trinajstić information content (AvgIpc) is 2.64. The van der Waals surface area contributed by atoms with E-state index in [9.17, 15) is 0 Å². The van der Waals surface area contributed by atoms with Gasteiger partial charge in [-0.25, -0.2) is 4.98 Å². The Hall–Kier alpha value is -0.410. The van der Waals surface area contributed by atoms with Gasteiger partial charge in [0.2, 0.25) is 0 Å². The summed E-state index contributed by atoms with van der Waals surface area (Å²) in [6, 6.07) is 0.926.